The van der Waals surface area contributed by atoms with Gasteiger partial charge in [0.25, 0.3) is 11.8 Å². The van der Waals surface area contributed by atoms with Gasteiger partial charge >= 0.3 is 0 Å². The van der Waals surface area contributed by atoms with Gasteiger partial charge in [-0.1, -0.05) is 12.1 Å². The molecule has 0 aliphatic carbocycles. The second-order valence-corrected chi connectivity index (χ2v) is 10.9. The van der Waals surface area contributed by atoms with Crippen molar-refractivity contribution >= 4 is 17.6 Å². The average Bonchev–Trinajstić information content (AvgIpc) is 3.02. The number of hydrogen-bond donors (Lipinski definition) is 1. The van der Waals surface area contributed by atoms with Gasteiger partial charge in [-0.25, -0.2) is 8.78 Å². The lowest BCUT2D eigenvalue weighted by Crippen LogP contribution is -2.48. The van der Waals surface area contributed by atoms with Gasteiger partial charge in [0.05, 0.1) is 17.2 Å². The predicted octanol–water partition coefficient (Wildman–Crippen LogP) is 4.31. The van der Waals surface area contributed by atoms with Crippen LogP contribution in [0.15, 0.2) is 66.9 Å². The van der Waals surface area contributed by atoms with Crippen LogP contribution in [0.1, 0.15) is 68.0 Å². The summed E-state index contributed by atoms with van der Waals surface area (Å²) in [6.07, 6.45) is 2.63. The number of nitrogens with one attached hydrogen (secondary N) is 1. The van der Waals surface area contributed by atoms with Crippen molar-refractivity contribution in [3.05, 3.63) is 101 Å². The van der Waals surface area contributed by atoms with Gasteiger partial charge in [0.1, 0.15) is 11.5 Å². The molecule has 42 heavy (non-hydrogen) atoms. The fourth-order valence-electron chi connectivity index (χ4n) is 5.43. The lowest BCUT2D eigenvalue weighted by Gasteiger charge is -2.35. The van der Waals surface area contributed by atoms with E-state index in [1.54, 1.807) is 0 Å². The number of carbonyl (C=O) groups is 3. The third-order valence-corrected chi connectivity index (χ3v) is 8.01. The molecular formula is C32H31F2N5O3. The van der Waals surface area contributed by atoms with Crippen molar-refractivity contribution in [2.45, 2.75) is 43.9 Å². The summed E-state index contributed by atoms with van der Waals surface area (Å²) in [6.45, 7) is 2.55. The Labute approximate surface area is 243 Å². The van der Waals surface area contributed by atoms with Gasteiger partial charge in [-0.05, 0) is 66.9 Å². The van der Waals surface area contributed by atoms with Gasteiger partial charge in [0.15, 0.2) is 11.5 Å². The summed E-state index contributed by atoms with van der Waals surface area (Å²) in [4.78, 5) is 46.4. The number of Topliss-reactive ketones (excluding diaryl/α,β-unsaturated/α-hetero) is 1. The molecule has 2 saturated heterocycles. The van der Waals surface area contributed by atoms with E-state index in [-0.39, 0.29) is 60.6 Å². The Morgan fingerprint density at radius 3 is 2.17 bits per heavy atom. The number of piperidine rings is 2. The highest BCUT2D eigenvalue weighted by Gasteiger charge is 2.43. The Balaban J connectivity index is 1.08. The summed E-state index contributed by atoms with van der Waals surface area (Å²) < 4.78 is 28.6. The van der Waals surface area contributed by atoms with E-state index in [0.717, 1.165) is 50.2 Å². The summed E-state index contributed by atoms with van der Waals surface area (Å²) in [5, 5.41) is 12.0. The normalized spacial score (nSPS) is 17.3. The van der Waals surface area contributed by atoms with Crippen LogP contribution in [0.4, 0.5) is 8.78 Å². The molecule has 0 radical (unpaired) electrons. The van der Waals surface area contributed by atoms with Crippen LogP contribution in [-0.4, -0.2) is 70.3 Å². The highest BCUT2D eigenvalue weighted by Crippen LogP contribution is 2.31. The number of alkyl halides is 1. The molecule has 3 aromatic rings. The van der Waals surface area contributed by atoms with Crippen LogP contribution in [0.2, 0.25) is 0 Å². The van der Waals surface area contributed by atoms with E-state index in [1.165, 1.54) is 35.4 Å². The van der Waals surface area contributed by atoms with Gasteiger partial charge in [-0.3, -0.25) is 24.3 Å². The van der Waals surface area contributed by atoms with Crippen LogP contribution < -0.4 is 5.32 Å². The maximum absolute atomic E-state index is 15.4. The summed E-state index contributed by atoms with van der Waals surface area (Å²) in [6, 6.07) is 17.5. The van der Waals surface area contributed by atoms with Crippen LogP contribution in [0.3, 0.4) is 0 Å². The van der Waals surface area contributed by atoms with E-state index in [1.807, 2.05) is 24.3 Å². The molecule has 3 heterocycles. The first-order chi connectivity index (χ1) is 20.2. The molecule has 0 saturated carbocycles. The molecule has 0 unspecified atom stereocenters. The SMILES string of the molecule is N#Cc1ccc(CN2CCC(NC(=O)c3ccc(C(=O)N4CCC(F)(C(=O)c5ccc(F)cc5)CC4)cn3)CC2)cc1. The number of carbonyl (C=O) groups excluding carboxylic acids is 3. The van der Waals surface area contributed by atoms with Crippen molar-refractivity contribution in [2.24, 2.45) is 0 Å². The molecule has 216 valence electrons. The second kappa shape index (κ2) is 12.6. The van der Waals surface area contributed by atoms with Gasteiger partial charge in [0, 0.05) is 63.4 Å². The van der Waals surface area contributed by atoms with Gasteiger partial charge < -0.3 is 10.2 Å². The first-order valence-corrected chi connectivity index (χ1v) is 14.0. The monoisotopic (exact) mass is 571 g/mol. The molecule has 2 fully saturated rings. The minimum absolute atomic E-state index is 0.0183. The molecule has 0 spiro atoms. The van der Waals surface area contributed by atoms with E-state index < -0.39 is 17.3 Å². The smallest absolute Gasteiger partial charge is 0.270 e. The Morgan fingerprint density at radius 2 is 1.57 bits per heavy atom. The number of likely N-dealkylation sites (tertiary alicyclic amines) is 2. The molecule has 0 atom stereocenters. The Morgan fingerprint density at radius 1 is 0.929 bits per heavy atom. The van der Waals surface area contributed by atoms with Crippen molar-refractivity contribution in [1.29, 1.82) is 5.26 Å². The average molecular weight is 572 g/mol. The van der Waals surface area contributed by atoms with Crippen LogP contribution in [-0.2, 0) is 6.54 Å². The quantitative estimate of drug-likeness (QED) is 0.424. The van der Waals surface area contributed by atoms with Crippen LogP contribution in [0.5, 0.6) is 0 Å². The Hall–Kier alpha value is -4.49. The van der Waals surface area contributed by atoms with Crippen LogP contribution in [0, 0.1) is 17.1 Å². The number of ketones is 1. The highest BCUT2D eigenvalue weighted by molar-refractivity contribution is 6.03. The Kier molecular flexibility index (Phi) is 8.69. The molecule has 10 heteroatoms. The number of benzene rings is 2. The number of rotatable bonds is 7. The summed E-state index contributed by atoms with van der Waals surface area (Å²) >= 11 is 0. The van der Waals surface area contributed by atoms with E-state index in [2.05, 4.69) is 21.3 Å². The molecule has 2 aromatic carbocycles. The molecular weight excluding hydrogens is 540 g/mol. The van der Waals surface area contributed by atoms with Crippen molar-refractivity contribution in [1.82, 2.24) is 20.1 Å². The van der Waals surface area contributed by atoms with E-state index in [9.17, 15) is 18.8 Å². The molecule has 1 aromatic heterocycles. The lowest BCUT2D eigenvalue weighted by molar-refractivity contribution is 0.0367. The molecule has 1 N–H and O–H groups in total. The molecule has 8 nitrogen and oxygen atoms in total. The van der Waals surface area contributed by atoms with Gasteiger partial charge in [-0.2, -0.15) is 5.26 Å². The molecule has 5 rings (SSSR count). The summed E-state index contributed by atoms with van der Waals surface area (Å²) in [7, 11) is 0. The number of nitriles is 1. The van der Waals surface area contributed by atoms with E-state index >= 15 is 4.39 Å². The zero-order chi connectivity index (χ0) is 29.7. The zero-order valence-corrected chi connectivity index (χ0v) is 23.1. The number of halogens is 2. The number of amides is 2. The molecule has 2 aliphatic heterocycles. The number of nitrogens with zero attached hydrogens (tertiary/aromatic N) is 4. The third kappa shape index (κ3) is 6.69. The summed E-state index contributed by atoms with van der Waals surface area (Å²) in [5.41, 5.74) is 0.247. The third-order valence-electron chi connectivity index (χ3n) is 8.01. The maximum Gasteiger partial charge on any atom is 0.270 e. The van der Waals surface area contributed by atoms with Crippen LogP contribution >= 0.6 is 0 Å². The van der Waals surface area contributed by atoms with Crippen molar-refractivity contribution < 1.29 is 23.2 Å². The molecule has 0 bridgehead atoms. The van der Waals surface area contributed by atoms with Crippen LogP contribution in [0.25, 0.3) is 0 Å². The van der Waals surface area contributed by atoms with Gasteiger partial charge in [0.2, 0.25) is 0 Å². The summed E-state index contributed by atoms with van der Waals surface area (Å²) in [5.74, 6) is -1.86. The van der Waals surface area contributed by atoms with E-state index in [0.29, 0.717) is 5.56 Å². The maximum atomic E-state index is 15.4. The number of aromatic nitrogens is 1. The zero-order valence-electron chi connectivity index (χ0n) is 23.1. The number of pyridine rings is 1. The van der Waals surface area contributed by atoms with Crippen molar-refractivity contribution in [2.75, 3.05) is 26.2 Å². The fraction of sp³-hybridized carbons (Fsp3) is 0.344. The lowest BCUT2D eigenvalue weighted by atomic mass is 9.85. The Bertz CT molecular complexity index is 1470. The molecule has 2 aliphatic rings. The standard InChI is InChI=1S/C32H31F2N5O3/c33-26-8-5-24(6-9-26)29(40)32(34)13-17-39(18-14-32)31(42)25-7-10-28(36-20-25)30(41)37-27-11-15-38(16-12-27)21-23-3-1-22(19-35)2-4-23/h1-10,20,27H,11-18,21H2,(H,37,41). The van der Waals surface area contributed by atoms with Crippen molar-refractivity contribution in [3.8, 4) is 6.07 Å². The second-order valence-electron chi connectivity index (χ2n) is 10.9. The molecule has 2 amide bonds. The fourth-order valence-corrected chi connectivity index (χ4v) is 5.43. The minimum Gasteiger partial charge on any atom is -0.348 e. The minimum atomic E-state index is -2.12. The van der Waals surface area contributed by atoms with Gasteiger partial charge in [-0.15, -0.1) is 0 Å². The highest BCUT2D eigenvalue weighted by atomic mass is 19.1. The number of hydrogen-bond acceptors (Lipinski definition) is 6. The first kappa shape index (κ1) is 29.0. The largest absolute Gasteiger partial charge is 0.348 e. The topological polar surface area (TPSA) is 106 Å². The predicted molar refractivity (Wildman–Crippen MR) is 151 cm³/mol. The first-order valence-electron chi connectivity index (χ1n) is 14.0. The van der Waals surface area contributed by atoms with E-state index in [4.69, 9.17) is 5.26 Å². The van der Waals surface area contributed by atoms with Crippen molar-refractivity contribution in [3.63, 3.8) is 0 Å².